The molecule has 0 atom stereocenters. The summed E-state index contributed by atoms with van der Waals surface area (Å²) in [6.07, 6.45) is 2.89. The van der Waals surface area contributed by atoms with Gasteiger partial charge in [-0.1, -0.05) is 11.6 Å². The molecule has 1 N–H and O–H groups in total. The number of amides is 1. The van der Waals surface area contributed by atoms with Crippen molar-refractivity contribution in [3.63, 3.8) is 0 Å². The van der Waals surface area contributed by atoms with Crippen molar-refractivity contribution in [2.75, 3.05) is 18.5 Å². The van der Waals surface area contributed by atoms with Crippen LogP contribution in [0.4, 0.5) is 5.82 Å². The summed E-state index contributed by atoms with van der Waals surface area (Å²) in [7, 11) is 0. The summed E-state index contributed by atoms with van der Waals surface area (Å²) >= 11 is 5.67. The van der Waals surface area contributed by atoms with E-state index in [1.165, 1.54) is 12.4 Å². The highest BCUT2D eigenvalue weighted by Gasteiger charge is 2.06. The molecule has 0 fully saturated rings. The molecule has 0 aliphatic rings. The van der Waals surface area contributed by atoms with E-state index in [2.05, 4.69) is 15.3 Å². The molecule has 5 nitrogen and oxygen atoms in total. The Morgan fingerprint density at radius 1 is 1.57 bits per heavy atom. The van der Waals surface area contributed by atoms with Crippen LogP contribution in [0.2, 0.25) is 5.15 Å². The van der Waals surface area contributed by atoms with Crippen LogP contribution in [0.15, 0.2) is 12.4 Å². The maximum Gasteiger partial charge on any atom is 0.251 e. The molecule has 76 valence electrons. The molecule has 0 spiro atoms. The number of hydrogen-bond acceptors (Lipinski definition) is 4. The molecule has 6 heteroatoms. The molecule has 1 aromatic rings. The number of aromatic nitrogens is 2. The monoisotopic (exact) mass is 215 g/mol. The zero-order chi connectivity index (χ0) is 10.4. The van der Waals surface area contributed by atoms with Crippen LogP contribution < -0.4 is 5.32 Å². The minimum absolute atomic E-state index is 0.0105. The van der Waals surface area contributed by atoms with Crippen molar-refractivity contribution < 1.29 is 9.53 Å². The highest BCUT2D eigenvalue weighted by molar-refractivity contribution is 6.32. The topological polar surface area (TPSA) is 64.1 Å². The van der Waals surface area contributed by atoms with Gasteiger partial charge in [-0.05, 0) is 6.92 Å². The SMILES string of the molecule is CCOCC(=O)Nc1nccnc1Cl. The molecule has 0 saturated heterocycles. The van der Waals surface area contributed by atoms with Crippen molar-refractivity contribution in [1.29, 1.82) is 0 Å². The van der Waals surface area contributed by atoms with Crippen LogP contribution >= 0.6 is 11.6 Å². The van der Waals surface area contributed by atoms with Gasteiger partial charge < -0.3 is 10.1 Å². The van der Waals surface area contributed by atoms with Crippen molar-refractivity contribution in [1.82, 2.24) is 9.97 Å². The van der Waals surface area contributed by atoms with E-state index in [0.29, 0.717) is 6.61 Å². The number of carbonyl (C=O) groups excluding carboxylic acids is 1. The molecule has 0 aliphatic heterocycles. The highest BCUT2D eigenvalue weighted by Crippen LogP contribution is 2.13. The Kier molecular flexibility index (Phi) is 4.28. The first-order valence-corrected chi connectivity index (χ1v) is 4.46. The van der Waals surface area contributed by atoms with Crippen molar-refractivity contribution in [3.05, 3.63) is 17.5 Å². The van der Waals surface area contributed by atoms with Gasteiger partial charge in [0.05, 0.1) is 0 Å². The molecule has 0 aliphatic carbocycles. The van der Waals surface area contributed by atoms with Crippen molar-refractivity contribution >= 4 is 23.3 Å². The summed E-state index contributed by atoms with van der Waals surface area (Å²) in [5.41, 5.74) is 0. The number of hydrogen-bond donors (Lipinski definition) is 1. The van der Waals surface area contributed by atoms with Gasteiger partial charge >= 0.3 is 0 Å². The lowest BCUT2D eigenvalue weighted by Gasteiger charge is -2.04. The standard InChI is InChI=1S/C8H10ClN3O2/c1-2-14-5-6(13)12-8-7(9)10-3-4-11-8/h3-4H,2,5H2,1H3,(H,11,12,13). The Hall–Kier alpha value is -1.20. The highest BCUT2D eigenvalue weighted by atomic mass is 35.5. The number of nitrogens with zero attached hydrogens (tertiary/aromatic N) is 2. The molecule has 1 aromatic heterocycles. The van der Waals surface area contributed by atoms with Gasteiger partial charge in [0.1, 0.15) is 6.61 Å². The van der Waals surface area contributed by atoms with E-state index in [1.54, 1.807) is 0 Å². The fraction of sp³-hybridized carbons (Fsp3) is 0.375. The molecular weight excluding hydrogens is 206 g/mol. The minimum atomic E-state index is -0.297. The number of ether oxygens (including phenoxy) is 1. The molecule has 1 heterocycles. The Bertz CT molecular complexity index is 319. The molecule has 14 heavy (non-hydrogen) atoms. The number of anilines is 1. The number of rotatable bonds is 4. The van der Waals surface area contributed by atoms with Gasteiger partial charge in [0.15, 0.2) is 11.0 Å². The zero-order valence-electron chi connectivity index (χ0n) is 7.66. The average Bonchev–Trinajstić information content (AvgIpc) is 2.18. The predicted molar refractivity (Wildman–Crippen MR) is 52.2 cm³/mol. The van der Waals surface area contributed by atoms with E-state index in [-0.39, 0.29) is 23.5 Å². The third-order valence-electron chi connectivity index (χ3n) is 1.35. The largest absolute Gasteiger partial charge is 0.372 e. The van der Waals surface area contributed by atoms with Gasteiger partial charge in [-0.2, -0.15) is 0 Å². The second-order valence-electron chi connectivity index (χ2n) is 2.38. The summed E-state index contributed by atoms with van der Waals surface area (Å²) in [4.78, 5) is 18.8. The second-order valence-corrected chi connectivity index (χ2v) is 2.74. The van der Waals surface area contributed by atoms with Crippen LogP contribution in [0.3, 0.4) is 0 Å². The van der Waals surface area contributed by atoms with Crippen LogP contribution in [0.25, 0.3) is 0 Å². The fourth-order valence-electron chi connectivity index (χ4n) is 0.768. The van der Waals surface area contributed by atoms with Gasteiger partial charge in [-0.15, -0.1) is 0 Å². The Morgan fingerprint density at radius 2 is 2.29 bits per heavy atom. The minimum Gasteiger partial charge on any atom is -0.372 e. The first-order valence-electron chi connectivity index (χ1n) is 4.08. The fourth-order valence-corrected chi connectivity index (χ4v) is 0.920. The maximum absolute atomic E-state index is 11.2. The number of nitrogens with one attached hydrogen (secondary N) is 1. The van der Waals surface area contributed by atoms with Crippen molar-refractivity contribution in [2.45, 2.75) is 6.92 Å². The van der Waals surface area contributed by atoms with Crippen LogP contribution in [-0.4, -0.2) is 29.1 Å². The lowest BCUT2D eigenvalue weighted by molar-refractivity contribution is -0.120. The van der Waals surface area contributed by atoms with E-state index in [4.69, 9.17) is 16.3 Å². The molecule has 0 bridgehead atoms. The molecular formula is C8H10ClN3O2. The van der Waals surface area contributed by atoms with Gasteiger partial charge in [-0.25, -0.2) is 9.97 Å². The van der Waals surface area contributed by atoms with E-state index >= 15 is 0 Å². The molecule has 0 radical (unpaired) electrons. The van der Waals surface area contributed by atoms with E-state index in [9.17, 15) is 4.79 Å². The Balaban J connectivity index is 2.52. The Morgan fingerprint density at radius 3 is 2.93 bits per heavy atom. The lowest BCUT2D eigenvalue weighted by Crippen LogP contribution is -2.19. The van der Waals surface area contributed by atoms with Gasteiger partial charge in [-0.3, -0.25) is 4.79 Å². The first-order chi connectivity index (χ1) is 6.74. The van der Waals surface area contributed by atoms with Crippen LogP contribution in [0, 0.1) is 0 Å². The maximum atomic E-state index is 11.2. The van der Waals surface area contributed by atoms with Gasteiger partial charge in [0.25, 0.3) is 5.91 Å². The normalized spacial score (nSPS) is 9.86. The molecule has 0 aromatic carbocycles. The number of halogens is 1. The quantitative estimate of drug-likeness (QED) is 0.817. The lowest BCUT2D eigenvalue weighted by atomic mass is 10.6. The third-order valence-corrected chi connectivity index (χ3v) is 1.63. The summed E-state index contributed by atoms with van der Waals surface area (Å²) in [5, 5.41) is 2.64. The average molecular weight is 216 g/mol. The molecule has 0 unspecified atom stereocenters. The smallest absolute Gasteiger partial charge is 0.251 e. The molecule has 1 rings (SSSR count). The third kappa shape index (κ3) is 3.27. The van der Waals surface area contributed by atoms with Crippen LogP contribution in [0.1, 0.15) is 6.92 Å². The van der Waals surface area contributed by atoms with E-state index in [0.717, 1.165) is 0 Å². The Labute approximate surface area is 86.5 Å². The van der Waals surface area contributed by atoms with Crippen LogP contribution in [-0.2, 0) is 9.53 Å². The van der Waals surface area contributed by atoms with E-state index < -0.39 is 0 Å². The van der Waals surface area contributed by atoms with Crippen LogP contribution in [0.5, 0.6) is 0 Å². The summed E-state index contributed by atoms with van der Waals surface area (Å²) < 4.78 is 4.90. The summed E-state index contributed by atoms with van der Waals surface area (Å²) in [6.45, 7) is 2.29. The van der Waals surface area contributed by atoms with Gasteiger partial charge in [0, 0.05) is 19.0 Å². The second kappa shape index (κ2) is 5.51. The number of carbonyl (C=O) groups is 1. The molecule has 0 saturated carbocycles. The first kappa shape index (κ1) is 10.9. The van der Waals surface area contributed by atoms with Crippen molar-refractivity contribution in [3.8, 4) is 0 Å². The van der Waals surface area contributed by atoms with Crippen molar-refractivity contribution in [2.24, 2.45) is 0 Å². The predicted octanol–water partition coefficient (Wildman–Crippen LogP) is 1.10. The summed E-state index contributed by atoms with van der Waals surface area (Å²) in [6, 6.07) is 0. The summed E-state index contributed by atoms with van der Waals surface area (Å²) in [5.74, 6) is -0.0480. The van der Waals surface area contributed by atoms with E-state index in [1.807, 2.05) is 6.92 Å². The van der Waals surface area contributed by atoms with Gasteiger partial charge in [0.2, 0.25) is 0 Å². The zero-order valence-corrected chi connectivity index (χ0v) is 8.41. The molecule has 1 amide bonds.